The van der Waals surface area contributed by atoms with Crippen LogP contribution in [0.5, 0.6) is 0 Å². The molecule has 1 aromatic rings. The Morgan fingerprint density at radius 1 is 1.50 bits per heavy atom. The number of likely N-dealkylation sites (N-methyl/N-ethyl adjacent to an activating group) is 1. The molecule has 5 heteroatoms. The molecule has 1 aromatic heterocycles. The average molecular weight is 226 g/mol. The van der Waals surface area contributed by atoms with Gasteiger partial charge in [-0.05, 0) is 14.1 Å². The molecule has 16 heavy (non-hydrogen) atoms. The maximum Gasteiger partial charge on any atom is 0.122 e. The maximum absolute atomic E-state index is 4.97. The molecule has 0 saturated heterocycles. The summed E-state index contributed by atoms with van der Waals surface area (Å²) in [7, 11) is 5.86. The zero-order chi connectivity index (χ0) is 11.8. The van der Waals surface area contributed by atoms with Gasteiger partial charge < -0.3 is 19.5 Å². The molecule has 0 amide bonds. The number of imidazole rings is 1. The maximum atomic E-state index is 4.97. The van der Waals surface area contributed by atoms with E-state index in [1.807, 2.05) is 12.4 Å². The van der Waals surface area contributed by atoms with Crippen LogP contribution in [0, 0.1) is 0 Å². The van der Waals surface area contributed by atoms with Crippen molar-refractivity contribution in [2.75, 3.05) is 40.9 Å². The molecular weight excluding hydrogens is 204 g/mol. The molecule has 1 heterocycles. The van der Waals surface area contributed by atoms with E-state index >= 15 is 0 Å². The van der Waals surface area contributed by atoms with E-state index in [-0.39, 0.29) is 0 Å². The highest BCUT2D eigenvalue weighted by Gasteiger charge is 2.02. The van der Waals surface area contributed by atoms with E-state index in [1.165, 1.54) is 0 Å². The third-order valence-electron chi connectivity index (χ3n) is 2.36. The smallest absolute Gasteiger partial charge is 0.122 e. The highest BCUT2D eigenvalue weighted by Crippen LogP contribution is 1.97. The van der Waals surface area contributed by atoms with Crippen molar-refractivity contribution in [2.24, 2.45) is 0 Å². The van der Waals surface area contributed by atoms with E-state index in [0.29, 0.717) is 0 Å². The van der Waals surface area contributed by atoms with Crippen LogP contribution in [0.15, 0.2) is 12.4 Å². The summed E-state index contributed by atoms with van der Waals surface area (Å²) >= 11 is 0. The van der Waals surface area contributed by atoms with Crippen molar-refractivity contribution in [3.8, 4) is 0 Å². The van der Waals surface area contributed by atoms with Crippen molar-refractivity contribution in [3.05, 3.63) is 18.2 Å². The predicted octanol–water partition coefficient (Wildman–Crippen LogP) is 0.181. The van der Waals surface area contributed by atoms with Crippen molar-refractivity contribution in [1.82, 2.24) is 19.8 Å². The number of hydrogen-bond acceptors (Lipinski definition) is 4. The molecule has 0 radical (unpaired) electrons. The van der Waals surface area contributed by atoms with E-state index in [1.54, 1.807) is 7.11 Å². The molecule has 5 nitrogen and oxygen atoms in total. The van der Waals surface area contributed by atoms with Crippen molar-refractivity contribution < 1.29 is 4.74 Å². The van der Waals surface area contributed by atoms with Gasteiger partial charge in [-0.2, -0.15) is 0 Å². The molecule has 1 N–H and O–H groups in total. The quantitative estimate of drug-likeness (QED) is 0.642. The first-order chi connectivity index (χ1) is 7.74. The SMILES string of the molecule is COCCNCc1nccn1CCN(C)C. The fourth-order valence-corrected chi connectivity index (χ4v) is 1.39. The molecule has 0 saturated carbocycles. The minimum absolute atomic E-state index is 0.735. The van der Waals surface area contributed by atoms with Crippen LogP contribution in [-0.2, 0) is 17.8 Å². The van der Waals surface area contributed by atoms with Gasteiger partial charge in [0.25, 0.3) is 0 Å². The van der Waals surface area contributed by atoms with Crippen LogP contribution in [0.4, 0.5) is 0 Å². The summed E-state index contributed by atoms with van der Waals surface area (Å²) in [4.78, 5) is 6.50. The highest BCUT2D eigenvalue weighted by molar-refractivity contribution is 4.92. The van der Waals surface area contributed by atoms with Crippen LogP contribution in [0.3, 0.4) is 0 Å². The summed E-state index contributed by atoms with van der Waals surface area (Å²) in [5.41, 5.74) is 0. The third kappa shape index (κ3) is 4.74. The van der Waals surface area contributed by atoms with Crippen molar-refractivity contribution >= 4 is 0 Å². The minimum Gasteiger partial charge on any atom is -0.383 e. The van der Waals surface area contributed by atoms with Crippen molar-refractivity contribution in [3.63, 3.8) is 0 Å². The number of ether oxygens (including phenoxy) is 1. The normalized spacial score (nSPS) is 11.2. The van der Waals surface area contributed by atoms with E-state index < -0.39 is 0 Å². The van der Waals surface area contributed by atoms with E-state index in [0.717, 1.165) is 38.6 Å². The average Bonchev–Trinajstić information content (AvgIpc) is 2.69. The Balaban J connectivity index is 2.32. The number of aromatic nitrogens is 2. The monoisotopic (exact) mass is 226 g/mol. The predicted molar refractivity (Wildman–Crippen MR) is 64.4 cm³/mol. The molecule has 0 aromatic carbocycles. The molecule has 0 bridgehead atoms. The van der Waals surface area contributed by atoms with E-state index in [2.05, 4.69) is 33.9 Å². The Bertz CT molecular complexity index is 285. The molecule has 92 valence electrons. The Kier molecular flexibility index (Phi) is 6.07. The second kappa shape index (κ2) is 7.38. The van der Waals surface area contributed by atoms with Crippen LogP contribution in [0.1, 0.15) is 5.82 Å². The van der Waals surface area contributed by atoms with Gasteiger partial charge in [-0.1, -0.05) is 0 Å². The third-order valence-corrected chi connectivity index (χ3v) is 2.36. The molecule has 0 aliphatic heterocycles. The number of hydrogen-bond donors (Lipinski definition) is 1. The summed E-state index contributed by atoms with van der Waals surface area (Å²) < 4.78 is 7.15. The highest BCUT2D eigenvalue weighted by atomic mass is 16.5. The van der Waals surface area contributed by atoms with Gasteiger partial charge in [0.15, 0.2) is 0 Å². The van der Waals surface area contributed by atoms with Gasteiger partial charge in [-0.25, -0.2) is 4.98 Å². The fraction of sp³-hybridized carbons (Fsp3) is 0.727. The van der Waals surface area contributed by atoms with Crippen molar-refractivity contribution in [2.45, 2.75) is 13.1 Å². The standard InChI is InChI=1S/C11H22N4O/c1-14(2)7-8-15-6-4-13-11(15)10-12-5-9-16-3/h4,6,12H,5,7-10H2,1-3H3. The summed E-state index contributed by atoms with van der Waals surface area (Å²) in [6, 6.07) is 0. The lowest BCUT2D eigenvalue weighted by molar-refractivity contribution is 0.198. The number of nitrogens with one attached hydrogen (secondary N) is 1. The number of methoxy groups -OCH3 is 1. The topological polar surface area (TPSA) is 42.3 Å². The largest absolute Gasteiger partial charge is 0.383 e. The van der Waals surface area contributed by atoms with E-state index in [9.17, 15) is 0 Å². The molecule has 0 spiro atoms. The fourth-order valence-electron chi connectivity index (χ4n) is 1.39. The van der Waals surface area contributed by atoms with Gasteiger partial charge in [0.05, 0.1) is 13.2 Å². The summed E-state index contributed by atoms with van der Waals surface area (Å²) in [6.07, 6.45) is 3.87. The molecule has 0 aliphatic rings. The minimum atomic E-state index is 0.735. The first-order valence-corrected chi connectivity index (χ1v) is 5.58. The second-order valence-corrected chi connectivity index (χ2v) is 4.01. The molecule has 0 aliphatic carbocycles. The van der Waals surface area contributed by atoms with Crippen LogP contribution >= 0.6 is 0 Å². The molecule has 0 fully saturated rings. The van der Waals surface area contributed by atoms with E-state index in [4.69, 9.17) is 4.74 Å². The lowest BCUT2D eigenvalue weighted by Crippen LogP contribution is -2.23. The molecule has 1 rings (SSSR count). The van der Waals surface area contributed by atoms with Gasteiger partial charge in [0.1, 0.15) is 5.82 Å². The van der Waals surface area contributed by atoms with Crippen LogP contribution < -0.4 is 5.32 Å². The van der Waals surface area contributed by atoms with Gasteiger partial charge >= 0.3 is 0 Å². The molecular formula is C11H22N4O. The Hall–Kier alpha value is -0.910. The zero-order valence-corrected chi connectivity index (χ0v) is 10.4. The Morgan fingerprint density at radius 2 is 2.31 bits per heavy atom. The van der Waals surface area contributed by atoms with Crippen molar-refractivity contribution in [1.29, 1.82) is 0 Å². The van der Waals surface area contributed by atoms with Gasteiger partial charge in [0, 0.05) is 39.1 Å². The Morgan fingerprint density at radius 3 is 3.00 bits per heavy atom. The lowest BCUT2D eigenvalue weighted by Gasteiger charge is -2.12. The summed E-state index contributed by atoms with van der Waals surface area (Å²) in [5, 5.41) is 3.29. The van der Waals surface area contributed by atoms with Crippen LogP contribution in [0.25, 0.3) is 0 Å². The summed E-state index contributed by atoms with van der Waals surface area (Å²) in [5.74, 6) is 1.08. The lowest BCUT2D eigenvalue weighted by atomic mass is 10.5. The Labute approximate surface area is 97.4 Å². The van der Waals surface area contributed by atoms with Crippen LogP contribution in [-0.4, -0.2) is 55.4 Å². The zero-order valence-electron chi connectivity index (χ0n) is 10.4. The van der Waals surface area contributed by atoms with Gasteiger partial charge in [-0.3, -0.25) is 0 Å². The first kappa shape index (κ1) is 13.2. The second-order valence-electron chi connectivity index (χ2n) is 4.01. The number of rotatable bonds is 8. The summed E-state index contributed by atoms with van der Waals surface area (Å²) in [6.45, 7) is 4.40. The van der Waals surface area contributed by atoms with Crippen LogP contribution in [0.2, 0.25) is 0 Å². The van der Waals surface area contributed by atoms with Gasteiger partial charge in [-0.15, -0.1) is 0 Å². The van der Waals surface area contributed by atoms with Gasteiger partial charge in [0.2, 0.25) is 0 Å². The first-order valence-electron chi connectivity index (χ1n) is 5.58. The molecule has 0 unspecified atom stereocenters. The number of nitrogens with zero attached hydrogens (tertiary/aromatic N) is 3. The molecule has 0 atom stereocenters.